The third-order valence-corrected chi connectivity index (χ3v) is 9.56. The third-order valence-electron chi connectivity index (χ3n) is 9.56. The molecule has 4 aliphatic carbocycles. The van der Waals surface area contributed by atoms with Gasteiger partial charge in [-0.05, 0) is 80.2 Å². The Morgan fingerprint density at radius 2 is 1.72 bits per heavy atom. The van der Waals surface area contributed by atoms with Gasteiger partial charge in [-0.15, -0.1) is 0 Å². The molecule has 1 aromatic rings. The first-order valence-electron chi connectivity index (χ1n) is 12.4. The van der Waals surface area contributed by atoms with Crippen molar-refractivity contribution in [2.24, 2.45) is 28.6 Å². The zero-order valence-corrected chi connectivity index (χ0v) is 19.6. The Bertz CT molecular complexity index is 921. The van der Waals surface area contributed by atoms with Gasteiger partial charge in [-0.3, -0.25) is 4.79 Å². The molecule has 172 valence electrons. The molecule has 4 nitrogen and oxygen atoms in total. The summed E-state index contributed by atoms with van der Waals surface area (Å²) in [5.41, 5.74) is 2.47. The molecular formula is C28H36O4. The highest BCUT2D eigenvalue weighted by Gasteiger charge is 2.59. The fraction of sp³-hybridized carbons (Fsp3) is 0.643. The molecule has 0 bridgehead atoms. The van der Waals surface area contributed by atoms with Crippen LogP contribution < -0.4 is 0 Å². The fourth-order valence-corrected chi connectivity index (χ4v) is 7.87. The summed E-state index contributed by atoms with van der Waals surface area (Å²) in [5.74, 6) is 1.65. The van der Waals surface area contributed by atoms with Gasteiger partial charge in [-0.1, -0.05) is 43.7 Å². The lowest BCUT2D eigenvalue weighted by Gasteiger charge is -2.57. The molecule has 0 amide bonds. The molecule has 0 heterocycles. The minimum absolute atomic E-state index is 0.0211. The fourth-order valence-electron chi connectivity index (χ4n) is 7.87. The number of fused-ring (bicyclic) bond motifs is 5. The van der Waals surface area contributed by atoms with E-state index in [0.29, 0.717) is 23.3 Å². The highest BCUT2D eigenvalue weighted by Crippen LogP contribution is 2.65. The number of benzene rings is 1. The lowest BCUT2D eigenvalue weighted by molar-refractivity contribution is -0.156. The van der Waals surface area contributed by atoms with E-state index in [9.17, 15) is 9.59 Å². The second-order valence-corrected chi connectivity index (χ2v) is 11.1. The molecule has 1 aromatic carbocycles. The van der Waals surface area contributed by atoms with E-state index in [4.69, 9.17) is 9.47 Å². The van der Waals surface area contributed by atoms with Crippen molar-refractivity contribution in [1.82, 2.24) is 0 Å². The lowest BCUT2D eigenvalue weighted by Crippen LogP contribution is -2.51. The summed E-state index contributed by atoms with van der Waals surface area (Å²) in [6.45, 7) is 6.38. The number of rotatable bonds is 3. The second-order valence-electron chi connectivity index (χ2n) is 11.1. The van der Waals surface area contributed by atoms with Crippen molar-refractivity contribution in [2.45, 2.75) is 84.3 Å². The van der Waals surface area contributed by atoms with Gasteiger partial charge in [0.1, 0.15) is 12.2 Å². The maximum Gasteiger partial charge on any atom is 0.338 e. The zero-order chi connectivity index (χ0) is 22.5. The summed E-state index contributed by atoms with van der Waals surface area (Å²) in [5, 5.41) is 0. The quantitative estimate of drug-likeness (QED) is 0.424. The van der Waals surface area contributed by atoms with Crippen molar-refractivity contribution in [3.05, 3.63) is 47.5 Å². The van der Waals surface area contributed by atoms with Gasteiger partial charge < -0.3 is 9.47 Å². The van der Waals surface area contributed by atoms with E-state index in [0.717, 1.165) is 38.5 Å². The van der Waals surface area contributed by atoms with E-state index < -0.39 is 0 Å². The van der Waals surface area contributed by atoms with Crippen LogP contribution >= 0.6 is 0 Å². The lowest BCUT2D eigenvalue weighted by atomic mass is 9.48. The molecule has 0 saturated heterocycles. The van der Waals surface area contributed by atoms with Crippen LogP contribution in [0.5, 0.6) is 0 Å². The van der Waals surface area contributed by atoms with Crippen LogP contribution in [-0.4, -0.2) is 24.1 Å². The van der Waals surface area contributed by atoms with E-state index in [1.165, 1.54) is 18.4 Å². The molecule has 7 atom stereocenters. The van der Waals surface area contributed by atoms with E-state index in [-0.39, 0.29) is 35.0 Å². The summed E-state index contributed by atoms with van der Waals surface area (Å²) in [6.07, 6.45) is 11.1. The maximum absolute atomic E-state index is 12.6. The molecule has 32 heavy (non-hydrogen) atoms. The smallest absolute Gasteiger partial charge is 0.338 e. The molecule has 0 aromatic heterocycles. The summed E-state index contributed by atoms with van der Waals surface area (Å²) >= 11 is 0. The molecule has 0 radical (unpaired) electrons. The summed E-state index contributed by atoms with van der Waals surface area (Å²) in [4.78, 5) is 24.2. The van der Waals surface area contributed by atoms with Gasteiger partial charge in [0.15, 0.2) is 0 Å². The number of carbonyl (C=O) groups excluding carboxylic acids is 2. The third kappa shape index (κ3) is 3.50. The number of allylic oxidation sites excluding steroid dienone is 1. The van der Waals surface area contributed by atoms with Gasteiger partial charge in [-0.25, -0.2) is 4.79 Å². The normalized spacial score (nSPS) is 40.3. The van der Waals surface area contributed by atoms with Crippen LogP contribution in [0.2, 0.25) is 0 Å². The van der Waals surface area contributed by atoms with Crippen molar-refractivity contribution < 1.29 is 19.1 Å². The van der Waals surface area contributed by atoms with Crippen LogP contribution in [0.25, 0.3) is 0 Å². The summed E-state index contributed by atoms with van der Waals surface area (Å²) in [7, 11) is 0. The highest BCUT2D eigenvalue weighted by atomic mass is 16.5. The van der Waals surface area contributed by atoms with Gasteiger partial charge in [0.2, 0.25) is 0 Å². The molecular weight excluding hydrogens is 400 g/mol. The molecule has 3 fully saturated rings. The Labute approximate surface area is 191 Å². The number of esters is 2. The maximum atomic E-state index is 12.6. The van der Waals surface area contributed by atoms with Gasteiger partial charge in [0.25, 0.3) is 0 Å². The number of hydrogen-bond donors (Lipinski definition) is 0. The largest absolute Gasteiger partial charge is 0.462 e. The van der Waals surface area contributed by atoms with Crippen molar-refractivity contribution in [3.63, 3.8) is 0 Å². The first-order valence-corrected chi connectivity index (χ1v) is 12.4. The van der Waals surface area contributed by atoms with Crippen molar-refractivity contribution in [3.8, 4) is 0 Å². The Morgan fingerprint density at radius 3 is 2.47 bits per heavy atom. The van der Waals surface area contributed by atoms with E-state index in [1.54, 1.807) is 6.92 Å². The second kappa shape index (κ2) is 8.04. The zero-order valence-electron chi connectivity index (χ0n) is 19.6. The average Bonchev–Trinajstić information content (AvgIpc) is 3.10. The van der Waals surface area contributed by atoms with Gasteiger partial charge >= 0.3 is 11.9 Å². The van der Waals surface area contributed by atoms with E-state index in [2.05, 4.69) is 19.9 Å². The van der Waals surface area contributed by atoms with Crippen LogP contribution in [-0.2, 0) is 14.3 Å². The first-order chi connectivity index (χ1) is 15.3. The number of ether oxygens (including phenoxy) is 2. The topological polar surface area (TPSA) is 52.6 Å². The number of carbonyl (C=O) groups is 2. The molecule has 0 unspecified atom stereocenters. The van der Waals surface area contributed by atoms with E-state index >= 15 is 0 Å². The molecule has 3 saturated carbocycles. The Balaban J connectivity index is 1.31. The molecule has 0 N–H and O–H groups in total. The Kier molecular flexibility index (Phi) is 5.46. The standard InChI is InChI=1S/C28H36O4/c1-18(29)31-25-12-11-23-22-10-9-20-17-21(32-26(30)19-7-5-4-6-8-19)13-15-27(20,2)24(22)14-16-28(23,25)3/h4-9,21-25H,10-17H2,1-3H3/t21-,22+,23+,24+,25+,27+,28+/m1/s1. The predicted octanol–water partition coefficient (Wildman–Crippen LogP) is 6.11. The summed E-state index contributed by atoms with van der Waals surface area (Å²) in [6, 6.07) is 9.32. The molecule has 0 spiro atoms. The van der Waals surface area contributed by atoms with Gasteiger partial charge in [0, 0.05) is 18.8 Å². The van der Waals surface area contributed by atoms with Crippen molar-refractivity contribution >= 4 is 11.9 Å². The van der Waals surface area contributed by atoms with Crippen LogP contribution in [0.3, 0.4) is 0 Å². The number of hydrogen-bond acceptors (Lipinski definition) is 4. The van der Waals surface area contributed by atoms with Crippen LogP contribution in [0.1, 0.15) is 82.5 Å². The van der Waals surface area contributed by atoms with Crippen LogP contribution in [0.15, 0.2) is 42.0 Å². The van der Waals surface area contributed by atoms with Crippen molar-refractivity contribution in [2.75, 3.05) is 0 Å². The van der Waals surface area contributed by atoms with Crippen LogP contribution in [0.4, 0.5) is 0 Å². The Hall–Kier alpha value is -2.10. The van der Waals surface area contributed by atoms with Gasteiger partial charge in [-0.2, -0.15) is 0 Å². The molecule has 5 rings (SSSR count). The predicted molar refractivity (Wildman–Crippen MR) is 123 cm³/mol. The van der Waals surface area contributed by atoms with E-state index in [1.807, 2.05) is 30.3 Å². The van der Waals surface area contributed by atoms with Crippen molar-refractivity contribution in [1.29, 1.82) is 0 Å². The molecule has 4 heteroatoms. The monoisotopic (exact) mass is 436 g/mol. The minimum Gasteiger partial charge on any atom is -0.462 e. The molecule has 4 aliphatic rings. The summed E-state index contributed by atoms with van der Waals surface area (Å²) < 4.78 is 11.7. The average molecular weight is 437 g/mol. The first kappa shape index (κ1) is 21.7. The Morgan fingerprint density at radius 1 is 0.938 bits per heavy atom. The molecule has 0 aliphatic heterocycles. The van der Waals surface area contributed by atoms with Crippen LogP contribution in [0, 0.1) is 28.6 Å². The minimum atomic E-state index is -0.204. The SMILES string of the molecule is CC(=O)O[C@H]1CC[C@H]2[C@@H]3CC=C4C[C@H](OC(=O)c5ccccc5)CC[C@]4(C)[C@H]3CC[C@]12C. The highest BCUT2D eigenvalue weighted by molar-refractivity contribution is 5.89. The van der Waals surface area contributed by atoms with Gasteiger partial charge in [0.05, 0.1) is 5.56 Å².